The van der Waals surface area contributed by atoms with Crippen LogP contribution in [-0.2, 0) is 4.79 Å². The Hall–Kier alpha value is -0.970. The van der Waals surface area contributed by atoms with E-state index in [0.717, 1.165) is 12.8 Å². The molecule has 2 nitrogen and oxygen atoms in total. The number of carbonyl (C=O) groups is 1. The highest BCUT2D eigenvalue weighted by molar-refractivity contribution is 5.81. The van der Waals surface area contributed by atoms with Crippen molar-refractivity contribution in [3.05, 3.63) is 0 Å². The largest absolute Gasteiger partial charge is 0.345 e. The molecule has 0 unspecified atom stereocenters. The number of hydrogen-bond donors (Lipinski definition) is 1. The molecule has 2 heteroatoms. The van der Waals surface area contributed by atoms with Crippen molar-refractivity contribution < 1.29 is 4.79 Å². The molecule has 0 aliphatic carbocycles. The van der Waals surface area contributed by atoms with E-state index in [0.29, 0.717) is 6.54 Å². The summed E-state index contributed by atoms with van der Waals surface area (Å²) in [6, 6.07) is 0. The molecule has 0 aliphatic heterocycles. The Kier molecular flexibility index (Phi) is 4.43. The molecule has 0 fully saturated rings. The van der Waals surface area contributed by atoms with Gasteiger partial charge in [-0.3, -0.25) is 4.79 Å². The Bertz CT molecular complexity index is 189. The Morgan fingerprint density at radius 1 is 1.58 bits per heavy atom. The fraction of sp³-hybridized carbons (Fsp3) is 0.700. The zero-order valence-corrected chi connectivity index (χ0v) is 8.11. The van der Waals surface area contributed by atoms with E-state index in [-0.39, 0.29) is 11.3 Å². The maximum absolute atomic E-state index is 11.4. The van der Waals surface area contributed by atoms with Gasteiger partial charge >= 0.3 is 0 Å². The molecule has 0 aliphatic rings. The van der Waals surface area contributed by atoms with Gasteiger partial charge in [0.25, 0.3) is 0 Å². The predicted molar refractivity (Wildman–Crippen MR) is 50.5 cm³/mol. The topological polar surface area (TPSA) is 29.1 Å². The van der Waals surface area contributed by atoms with Gasteiger partial charge in [-0.2, -0.15) is 0 Å². The van der Waals surface area contributed by atoms with Crippen LogP contribution in [0.15, 0.2) is 0 Å². The zero-order valence-electron chi connectivity index (χ0n) is 8.11. The first kappa shape index (κ1) is 11.0. The summed E-state index contributed by atoms with van der Waals surface area (Å²) < 4.78 is 0. The molecule has 0 radical (unpaired) electrons. The van der Waals surface area contributed by atoms with Crippen LogP contribution < -0.4 is 5.32 Å². The van der Waals surface area contributed by atoms with Gasteiger partial charge < -0.3 is 5.32 Å². The SMILES string of the molecule is C#CCNC(=O)C(C)(C)CCC. The lowest BCUT2D eigenvalue weighted by atomic mass is 9.87. The summed E-state index contributed by atoms with van der Waals surface area (Å²) in [5.74, 6) is 2.42. The van der Waals surface area contributed by atoms with E-state index >= 15 is 0 Å². The normalized spacial score (nSPS) is 10.5. The van der Waals surface area contributed by atoms with Gasteiger partial charge in [-0.25, -0.2) is 0 Å². The molecule has 68 valence electrons. The van der Waals surface area contributed by atoms with E-state index in [1.807, 2.05) is 13.8 Å². The smallest absolute Gasteiger partial charge is 0.226 e. The van der Waals surface area contributed by atoms with Crippen LogP contribution in [-0.4, -0.2) is 12.5 Å². The van der Waals surface area contributed by atoms with E-state index < -0.39 is 0 Å². The van der Waals surface area contributed by atoms with Gasteiger partial charge in [-0.1, -0.05) is 33.1 Å². The summed E-state index contributed by atoms with van der Waals surface area (Å²) in [5, 5.41) is 2.68. The van der Waals surface area contributed by atoms with Gasteiger partial charge in [-0.15, -0.1) is 6.42 Å². The molecule has 0 saturated carbocycles. The van der Waals surface area contributed by atoms with Gasteiger partial charge in [0, 0.05) is 5.41 Å². The Morgan fingerprint density at radius 2 is 2.17 bits per heavy atom. The number of rotatable bonds is 4. The van der Waals surface area contributed by atoms with Crippen molar-refractivity contribution >= 4 is 5.91 Å². The van der Waals surface area contributed by atoms with Crippen molar-refractivity contribution in [2.45, 2.75) is 33.6 Å². The Balaban J connectivity index is 3.99. The number of amides is 1. The van der Waals surface area contributed by atoms with Crippen molar-refractivity contribution in [1.29, 1.82) is 0 Å². The van der Waals surface area contributed by atoms with E-state index in [4.69, 9.17) is 6.42 Å². The monoisotopic (exact) mass is 167 g/mol. The van der Waals surface area contributed by atoms with Crippen molar-refractivity contribution in [2.75, 3.05) is 6.54 Å². The standard InChI is InChI=1S/C10H17NO/c1-5-7-10(3,4)9(12)11-8-6-2/h2H,5,7-8H2,1,3-4H3,(H,11,12). The summed E-state index contributed by atoms with van der Waals surface area (Å²) in [7, 11) is 0. The minimum atomic E-state index is -0.286. The molecule has 0 rings (SSSR count). The third kappa shape index (κ3) is 3.43. The summed E-state index contributed by atoms with van der Waals surface area (Å²) in [6.07, 6.45) is 6.93. The first-order chi connectivity index (χ1) is 5.54. The molecule has 0 aromatic carbocycles. The number of hydrogen-bond acceptors (Lipinski definition) is 1. The second-order valence-corrected chi connectivity index (χ2v) is 3.52. The zero-order chi connectivity index (χ0) is 9.61. The lowest BCUT2D eigenvalue weighted by Crippen LogP contribution is -2.36. The third-order valence-electron chi connectivity index (χ3n) is 1.84. The molecule has 0 spiro atoms. The summed E-state index contributed by atoms with van der Waals surface area (Å²) >= 11 is 0. The molecular weight excluding hydrogens is 150 g/mol. The Morgan fingerprint density at radius 3 is 2.58 bits per heavy atom. The van der Waals surface area contributed by atoms with Crippen molar-refractivity contribution in [2.24, 2.45) is 5.41 Å². The van der Waals surface area contributed by atoms with Crippen molar-refractivity contribution in [3.63, 3.8) is 0 Å². The van der Waals surface area contributed by atoms with Crippen LogP contribution >= 0.6 is 0 Å². The summed E-state index contributed by atoms with van der Waals surface area (Å²) in [4.78, 5) is 11.4. The minimum absolute atomic E-state index is 0.0438. The van der Waals surface area contributed by atoms with Crippen LogP contribution in [0.3, 0.4) is 0 Å². The summed E-state index contributed by atoms with van der Waals surface area (Å²) in [6.45, 7) is 6.26. The van der Waals surface area contributed by atoms with Gasteiger partial charge in [0.05, 0.1) is 6.54 Å². The average molecular weight is 167 g/mol. The highest BCUT2D eigenvalue weighted by Gasteiger charge is 2.25. The van der Waals surface area contributed by atoms with Crippen LogP contribution in [0.5, 0.6) is 0 Å². The van der Waals surface area contributed by atoms with E-state index in [2.05, 4.69) is 18.2 Å². The van der Waals surface area contributed by atoms with Crippen molar-refractivity contribution in [3.8, 4) is 12.3 Å². The fourth-order valence-corrected chi connectivity index (χ4v) is 1.11. The quantitative estimate of drug-likeness (QED) is 0.632. The van der Waals surface area contributed by atoms with E-state index in [1.165, 1.54) is 0 Å². The molecular formula is C10H17NO. The molecule has 1 N–H and O–H groups in total. The molecule has 0 bridgehead atoms. The fourth-order valence-electron chi connectivity index (χ4n) is 1.11. The first-order valence-electron chi connectivity index (χ1n) is 4.26. The third-order valence-corrected chi connectivity index (χ3v) is 1.84. The lowest BCUT2D eigenvalue weighted by molar-refractivity contribution is -0.129. The molecule has 0 aromatic heterocycles. The highest BCUT2D eigenvalue weighted by Crippen LogP contribution is 2.21. The van der Waals surface area contributed by atoms with Crippen LogP contribution in [0.4, 0.5) is 0 Å². The number of carbonyl (C=O) groups excluding carboxylic acids is 1. The molecule has 0 atom stereocenters. The molecule has 0 heterocycles. The van der Waals surface area contributed by atoms with Crippen LogP contribution in [0.2, 0.25) is 0 Å². The molecule has 0 saturated heterocycles. The minimum Gasteiger partial charge on any atom is -0.345 e. The second kappa shape index (κ2) is 4.82. The van der Waals surface area contributed by atoms with Gasteiger partial charge in [-0.05, 0) is 6.42 Å². The average Bonchev–Trinajstić information content (AvgIpc) is 2.00. The second-order valence-electron chi connectivity index (χ2n) is 3.52. The van der Waals surface area contributed by atoms with Crippen molar-refractivity contribution in [1.82, 2.24) is 5.32 Å². The molecule has 1 amide bonds. The van der Waals surface area contributed by atoms with Gasteiger partial charge in [0.2, 0.25) is 5.91 Å². The van der Waals surface area contributed by atoms with Crippen LogP contribution in [0.25, 0.3) is 0 Å². The first-order valence-corrected chi connectivity index (χ1v) is 4.26. The van der Waals surface area contributed by atoms with Gasteiger partial charge in [0.15, 0.2) is 0 Å². The van der Waals surface area contributed by atoms with Gasteiger partial charge in [0.1, 0.15) is 0 Å². The maximum Gasteiger partial charge on any atom is 0.226 e. The lowest BCUT2D eigenvalue weighted by Gasteiger charge is -2.21. The Labute approximate surface area is 74.7 Å². The maximum atomic E-state index is 11.4. The van der Waals surface area contributed by atoms with E-state index in [9.17, 15) is 4.79 Å². The highest BCUT2D eigenvalue weighted by atomic mass is 16.2. The number of terminal acetylenes is 1. The predicted octanol–water partition coefficient (Wildman–Crippen LogP) is 1.56. The van der Waals surface area contributed by atoms with E-state index in [1.54, 1.807) is 0 Å². The molecule has 12 heavy (non-hydrogen) atoms. The molecule has 0 aromatic rings. The van der Waals surface area contributed by atoms with Crippen LogP contribution in [0, 0.1) is 17.8 Å². The van der Waals surface area contributed by atoms with Crippen LogP contribution in [0.1, 0.15) is 33.6 Å². The summed E-state index contributed by atoms with van der Waals surface area (Å²) in [5.41, 5.74) is -0.286. The number of nitrogens with one attached hydrogen (secondary N) is 1.